The SMILES string of the molecule is CCOC(=O)c1cc(NC(=O)C(NC)c2cnn(C)c2)cc(S(C)(=O)=O)c1. The lowest BCUT2D eigenvalue weighted by atomic mass is 10.1. The van der Waals surface area contributed by atoms with Gasteiger partial charge in [-0.05, 0) is 32.2 Å². The molecule has 27 heavy (non-hydrogen) atoms. The summed E-state index contributed by atoms with van der Waals surface area (Å²) in [5, 5.41) is 9.55. The summed E-state index contributed by atoms with van der Waals surface area (Å²) in [5.74, 6) is -1.10. The highest BCUT2D eigenvalue weighted by molar-refractivity contribution is 7.90. The predicted molar refractivity (Wildman–Crippen MR) is 99.1 cm³/mol. The third-order valence-electron chi connectivity index (χ3n) is 3.72. The number of anilines is 1. The average molecular weight is 394 g/mol. The van der Waals surface area contributed by atoms with Gasteiger partial charge in [0.05, 0.1) is 23.3 Å². The number of carbonyl (C=O) groups excluding carboxylic acids is 2. The smallest absolute Gasteiger partial charge is 0.338 e. The molecule has 0 saturated heterocycles. The van der Waals surface area contributed by atoms with Crippen LogP contribution in [0.5, 0.6) is 0 Å². The van der Waals surface area contributed by atoms with E-state index in [0.717, 1.165) is 6.26 Å². The lowest BCUT2D eigenvalue weighted by Gasteiger charge is -2.16. The molecule has 0 spiro atoms. The number of nitrogens with zero attached hydrogens (tertiary/aromatic N) is 2. The van der Waals surface area contributed by atoms with Gasteiger partial charge in [0, 0.05) is 30.8 Å². The van der Waals surface area contributed by atoms with Crippen LogP contribution >= 0.6 is 0 Å². The van der Waals surface area contributed by atoms with Crippen molar-refractivity contribution >= 4 is 27.4 Å². The van der Waals surface area contributed by atoms with E-state index in [0.29, 0.717) is 5.56 Å². The second-order valence-corrected chi connectivity index (χ2v) is 7.91. The van der Waals surface area contributed by atoms with Crippen LogP contribution in [0.15, 0.2) is 35.5 Å². The molecule has 1 amide bonds. The van der Waals surface area contributed by atoms with Gasteiger partial charge in [0.2, 0.25) is 5.91 Å². The maximum absolute atomic E-state index is 12.6. The van der Waals surface area contributed by atoms with Crippen molar-refractivity contribution in [3.63, 3.8) is 0 Å². The highest BCUT2D eigenvalue weighted by Crippen LogP contribution is 2.22. The third kappa shape index (κ3) is 5.14. The molecule has 0 radical (unpaired) electrons. The van der Waals surface area contributed by atoms with Gasteiger partial charge in [0.25, 0.3) is 0 Å². The molecule has 0 aliphatic heterocycles. The lowest BCUT2D eigenvalue weighted by molar-refractivity contribution is -0.118. The standard InChI is InChI=1S/C17H22N4O5S/c1-5-26-17(23)11-6-13(8-14(7-11)27(4,24)25)20-16(22)15(18-2)12-9-19-21(3)10-12/h6-10,15,18H,5H2,1-4H3,(H,20,22). The molecule has 2 aromatic rings. The van der Waals surface area contributed by atoms with Crippen molar-refractivity contribution in [2.24, 2.45) is 7.05 Å². The molecule has 0 bridgehead atoms. The molecule has 0 saturated carbocycles. The van der Waals surface area contributed by atoms with E-state index in [9.17, 15) is 18.0 Å². The van der Waals surface area contributed by atoms with Crippen LogP contribution in [-0.4, -0.2) is 50.0 Å². The lowest BCUT2D eigenvalue weighted by Crippen LogP contribution is -2.30. The molecule has 2 N–H and O–H groups in total. The first kappa shape index (κ1) is 20.6. The molecule has 0 fully saturated rings. The van der Waals surface area contributed by atoms with Crippen molar-refractivity contribution in [3.8, 4) is 0 Å². The number of hydrogen-bond donors (Lipinski definition) is 2. The number of benzene rings is 1. The second kappa shape index (κ2) is 8.31. The Hall–Kier alpha value is -2.72. The van der Waals surface area contributed by atoms with Crippen molar-refractivity contribution in [1.82, 2.24) is 15.1 Å². The minimum absolute atomic E-state index is 0.0393. The summed E-state index contributed by atoms with van der Waals surface area (Å²) in [5.41, 5.74) is 0.856. The Kier molecular flexibility index (Phi) is 6.34. The fraction of sp³-hybridized carbons (Fsp3) is 0.353. The zero-order valence-corrected chi connectivity index (χ0v) is 16.3. The van der Waals surface area contributed by atoms with E-state index in [4.69, 9.17) is 4.74 Å². The fourth-order valence-electron chi connectivity index (χ4n) is 2.47. The summed E-state index contributed by atoms with van der Waals surface area (Å²) in [6, 6.07) is 3.19. The average Bonchev–Trinajstić information content (AvgIpc) is 3.00. The maximum atomic E-state index is 12.6. The van der Waals surface area contributed by atoms with E-state index in [2.05, 4.69) is 15.7 Å². The summed E-state index contributed by atoms with van der Waals surface area (Å²) in [6.45, 7) is 1.79. The van der Waals surface area contributed by atoms with E-state index in [1.54, 1.807) is 38.1 Å². The van der Waals surface area contributed by atoms with Crippen LogP contribution in [0.4, 0.5) is 5.69 Å². The normalized spacial score (nSPS) is 12.4. The second-order valence-electron chi connectivity index (χ2n) is 5.90. The number of likely N-dealkylation sites (N-methyl/N-ethyl adjacent to an activating group) is 1. The van der Waals surface area contributed by atoms with Crippen LogP contribution in [-0.2, 0) is 26.4 Å². The van der Waals surface area contributed by atoms with Gasteiger partial charge in [0.15, 0.2) is 9.84 Å². The molecular weight excluding hydrogens is 372 g/mol. The topological polar surface area (TPSA) is 119 Å². The van der Waals surface area contributed by atoms with E-state index in [1.807, 2.05) is 0 Å². The number of rotatable bonds is 7. The van der Waals surface area contributed by atoms with Gasteiger partial charge in [-0.15, -0.1) is 0 Å². The first-order chi connectivity index (χ1) is 12.7. The van der Waals surface area contributed by atoms with E-state index in [1.165, 1.54) is 18.2 Å². The minimum Gasteiger partial charge on any atom is -0.462 e. The van der Waals surface area contributed by atoms with Crippen molar-refractivity contribution in [3.05, 3.63) is 41.7 Å². The summed E-state index contributed by atoms with van der Waals surface area (Å²) in [7, 11) is -0.244. The van der Waals surface area contributed by atoms with Crippen molar-refractivity contribution in [1.29, 1.82) is 0 Å². The molecular formula is C17H22N4O5S. The third-order valence-corrected chi connectivity index (χ3v) is 4.81. The number of carbonyl (C=O) groups is 2. The van der Waals surface area contributed by atoms with Crippen LogP contribution in [0, 0.1) is 0 Å². The zero-order chi connectivity index (χ0) is 20.2. The minimum atomic E-state index is -3.59. The van der Waals surface area contributed by atoms with E-state index < -0.39 is 27.8 Å². The highest BCUT2D eigenvalue weighted by Gasteiger charge is 2.22. The molecule has 2 rings (SSSR count). The molecule has 10 heteroatoms. The van der Waals surface area contributed by atoms with Crippen LogP contribution in [0.3, 0.4) is 0 Å². The Morgan fingerprint density at radius 1 is 1.30 bits per heavy atom. The van der Waals surface area contributed by atoms with Crippen LogP contribution in [0.25, 0.3) is 0 Å². The Balaban J connectivity index is 2.37. The highest BCUT2D eigenvalue weighted by atomic mass is 32.2. The monoisotopic (exact) mass is 394 g/mol. The fourth-order valence-corrected chi connectivity index (χ4v) is 3.15. The van der Waals surface area contributed by atoms with Crippen LogP contribution in [0.1, 0.15) is 28.9 Å². The zero-order valence-electron chi connectivity index (χ0n) is 15.5. The predicted octanol–water partition coefficient (Wildman–Crippen LogP) is 0.899. The number of esters is 1. The first-order valence-electron chi connectivity index (χ1n) is 8.14. The Bertz CT molecular complexity index is 952. The van der Waals surface area contributed by atoms with Crippen molar-refractivity contribution < 1.29 is 22.7 Å². The summed E-state index contributed by atoms with van der Waals surface area (Å²) in [4.78, 5) is 24.6. The van der Waals surface area contributed by atoms with Crippen molar-refractivity contribution in [2.45, 2.75) is 17.9 Å². The van der Waals surface area contributed by atoms with E-state index in [-0.39, 0.29) is 22.8 Å². The number of amides is 1. The maximum Gasteiger partial charge on any atom is 0.338 e. The van der Waals surface area contributed by atoms with Gasteiger partial charge in [-0.2, -0.15) is 5.10 Å². The molecule has 1 aromatic heterocycles. The Morgan fingerprint density at radius 3 is 2.52 bits per heavy atom. The number of ether oxygens (including phenoxy) is 1. The number of hydrogen-bond acceptors (Lipinski definition) is 7. The van der Waals surface area contributed by atoms with Gasteiger partial charge >= 0.3 is 5.97 Å². The molecule has 9 nitrogen and oxygen atoms in total. The summed E-state index contributed by atoms with van der Waals surface area (Å²) >= 11 is 0. The number of aryl methyl sites for hydroxylation is 1. The molecule has 1 atom stereocenters. The number of nitrogens with one attached hydrogen (secondary N) is 2. The van der Waals surface area contributed by atoms with Gasteiger partial charge in [-0.25, -0.2) is 13.2 Å². The quantitative estimate of drug-likeness (QED) is 0.670. The van der Waals surface area contributed by atoms with Gasteiger partial charge < -0.3 is 15.4 Å². The number of aromatic nitrogens is 2. The molecule has 1 unspecified atom stereocenters. The Morgan fingerprint density at radius 2 is 2.00 bits per heavy atom. The molecule has 0 aliphatic rings. The molecule has 1 heterocycles. The van der Waals surface area contributed by atoms with Gasteiger partial charge in [-0.1, -0.05) is 0 Å². The molecule has 146 valence electrons. The molecule has 1 aromatic carbocycles. The first-order valence-corrected chi connectivity index (χ1v) is 10.0. The Labute approximate surface area is 157 Å². The summed E-state index contributed by atoms with van der Waals surface area (Å²) < 4.78 is 30.4. The van der Waals surface area contributed by atoms with Gasteiger partial charge in [-0.3, -0.25) is 9.48 Å². The van der Waals surface area contributed by atoms with Gasteiger partial charge in [0.1, 0.15) is 6.04 Å². The van der Waals surface area contributed by atoms with Crippen LogP contribution < -0.4 is 10.6 Å². The number of sulfone groups is 1. The summed E-state index contributed by atoms with van der Waals surface area (Å²) in [6.07, 6.45) is 4.27. The van der Waals surface area contributed by atoms with E-state index >= 15 is 0 Å². The van der Waals surface area contributed by atoms with Crippen molar-refractivity contribution in [2.75, 3.05) is 25.2 Å². The largest absolute Gasteiger partial charge is 0.462 e. The molecule has 0 aliphatic carbocycles. The van der Waals surface area contributed by atoms with Crippen LogP contribution in [0.2, 0.25) is 0 Å².